The molecule has 0 bridgehead atoms. The number of allylic oxidation sites excluding steroid dienone is 4. The second kappa shape index (κ2) is 13.1. The third kappa shape index (κ3) is 6.29. The molecular weight excluding hydrogens is 501 g/mol. The molecule has 2 aliphatic rings. The number of aryl methyl sites for hydroxylation is 1. The summed E-state index contributed by atoms with van der Waals surface area (Å²) in [6.07, 6.45) is 18.6. The highest BCUT2D eigenvalue weighted by atomic mass is 19.2. The van der Waals surface area contributed by atoms with Crippen molar-refractivity contribution in [3.05, 3.63) is 101 Å². The van der Waals surface area contributed by atoms with Crippen LogP contribution in [0.1, 0.15) is 82.8 Å². The second-order valence-electron chi connectivity index (χ2n) is 11.7. The minimum absolute atomic E-state index is 0.219. The maximum atomic E-state index is 15.3. The van der Waals surface area contributed by atoms with E-state index >= 15 is 4.39 Å². The van der Waals surface area contributed by atoms with Gasteiger partial charge in [-0.05, 0) is 110 Å². The molecule has 1 atom stereocenters. The van der Waals surface area contributed by atoms with Gasteiger partial charge in [-0.2, -0.15) is 0 Å². The van der Waals surface area contributed by atoms with Crippen molar-refractivity contribution in [1.29, 1.82) is 0 Å². The largest absolute Gasteiger partial charge is 0.206 e. The van der Waals surface area contributed by atoms with Crippen LogP contribution in [0.2, 0.25) is 0 Å². The Morgan fingerprint density at radius 1 is 0.750 bits per heavy atom. The van der Waals surface area contributed by atoms with Gasteiger partial charge >= 0.3 is 0 Å². The molecule has 0 aliphatic heterocycles. The maximum Gasteiger partial charge on any atom is 0.166 e. The van der Waals surface area contributed by atoms with Crippen LogP contribution in [0.25, 0.3) is 27.8 Å². The molecule has 3 heteroatoms. The van der Waals surface area contributed by atoms with Crippen molar-refractivity contribution < 1.29 is 13.2 Å². The Balaban J connectivity index is 1.22. The van der Waals surface area contributed by atoms with Crippen LogP contribution >= 0.6 is 0 Å². The first-order valence-electron chi connectivity index (χ1n) is 15.2. The monoisotopic (exact) mass is 542 g/mol. The van der Waals surface area contributed by atoms with Crippen LogP contribution < -0.4 is 0 Å². The maximum absolute atomic E-state index is 15.3. The normalized spacial score (nSPS) is 21.5. The Kier molecular flexibility index (Phi) is 9.29. The van der Waals surface area contributed by atoms with E-state index in [1.165, 1.54) is 50.5 Å². The smallest absolute Gasteiger partial charge is 0.166 e. The highest BCUT2D eigenvalue weighted by Gasteiger charge is 2.28. The molecule has 0 aromatic heterocycles. The molecule has 1 unspecified atom stereocenters. The van der Waals surface area contributed by atoms with Crippen molar-refractivity contribution >= 4 is 5.57 Å². The van der Waals surface area contributed by atoms with E-state index in [2.05, 4.69) is 25.2 Å². The molecule has 0 radical (unpaired) electrons. The van der Waals surface area contributed by atoms with Crippen molar-refractivity contribution in [3.8, 4) is 22.3 Å². The summed E-state index contributed by atoms with van der Waals surface area (Å²) in [7, 11) is 0. The van der Waals surface area contributed by atoms with Gasteiger partial charge in [-0.15, -0.1) is 0 Å². The van der Waals surface area contributed by atoms with Crippen LogP contribution in [-0.4, -0.2) is 0 Å². The molecule has 0 amide bonds. The van der Waals surface area contributed by atoms with Gasteiger partial charge in [-0.25, -0.2) is 13.2 Å². The minimum Gasteiger partial charge on any atom is -0.206 e. The van der Waals surface area contributed by atoms with Crippen LogP contribution in [0.15, 0.2) is 72.8 Å². The van der Waals surface area contributed by atoms with Crippen molar-refractivity contribution in [1.82, 2.24) is 0 Å². The lowest BCUT2D eigenvalue weighted by atomic mass is 9.70. The number of hydrogen-bond acceptors (Lipinski definition) is 0. The summed E-state index contributed by atoms with van der Waals surface area (Å²) < 4.78 is 44.2. The van der Waals surface area contributed by atoms with Gasteiger partial charge in [-0.3, -0.25) is 0 Å². The molecule has 5 rings (SSSR count). The quantitative estimate of drug-likeness (QED) is 0.248. The zero-order valence-corrected chi connectivity index (χ0v) is 23.9. The topological polar surface area (TPSA) is 0 Å². The molecule has 3 aromatic carbocycles. The molecule has 0 spiro atoms. The SMILES string of the molecule is C/C=C/CCC1CCC(C2CC=C(c3ccc(-c4ccc(-c5ccc(CC)c(F)c5F)cc4)c(F)c3)CC2)CC1. The first kappa shape index (κ1) is 28.5. The summed E-state index contributed by atoms with van der Waals surface area (Å²) >= 11 is 0. The molecule has 40 heavy (non-hydrogen) atoms. The van der Waals surface area contributed by atoms with Crippen LogP contribution in [0, 0.1) is 35.2 Å². The molecule has 210 valence electrons. The van der Waals surface area contributed by atoms with Crippen molar-refractivity contribution in [2.45, 2.75) is 78.1 Å². The van der Waals surface area contributed by atoms with E-state index in [1.807, 2.05) is 12.1 Å². The van der Waals surface area contributed by atoms with Crippen LogP contribution in [0.4, 0.5) is 13.2 Å². The van der Waals surface area contributed by atoms with E-state index < -0.39 is 11.6 Å². The molecular formula is C37H41F3. The zero-order chi connectivity index (χ0) is 28.1. The Hall–Kier alpha value is -3.07. The molecule has 0 heterocycles. The van der Waals surface area contributed by atoms with Crippen LogP contribution in [-0.2, 0) is 6.42 Å². The fraction of sp³-hybridized carbons (Fsp3) is 0.405. The molecule has 2 aliphatic carbocycles. The summed E-state index contributed by atoms with van der Waals surface area (Å²) in [5, 5.41) is 0. The standard InChI is InChI=1S/C37H41F3/c1-3-5-6-7-25-8-10-27(11-9-25)28-12-14-29(15-13-28)32-21-22-33(35(38)24-32)30-16-18-31(19-17-30)34-23-20-26(4-2)36(39)37(34)40/h3,5,14,16-25,27-28H,4,6-13,15H2,1-2H3/b5-3+. The Morgan fingerprint density at radius 2 is 1.43 bits per heavy atom. The van der Waals surface area contributed by atoms with Crippen LogP contribution in [0.5, 0.6) is 0 Å². The second-order valence-corrected chi connectivity index (χ2v) is 11.7. The fourth-order valence-electron chi connectivity index (χ4n) is 6.86. The van der Waals surface area contributed by atoms with Gasteiger partial charge in [0.1, 0.15) is 5.82 Å². The number of benzene rings is 3. The Labute approximate surface area is 238 Å². The van der Waals surface area contributed by atoms with Crippen molar-refractivity contribution in [2.24, 2.45) is 17.8 Å². The number of halogens is 3. The van der Waals surface area contributed by atoms with E-state index in [9.17, 15) is 8.78 Å². The van der Waals surface area contributed by atoms with Crippen molar-refractivity contribution in [2.75, 3.05) is 0 Å². The average Bonchev–Trinajstić information content (AvgIpc) is 2.99. The summed E-state index contributed by atoms with van der Waals surface area (Å²) in [6, 6.07) is 15.8. The molecule has 1 saturated carbocycles. The van der Waals surface area contributed by atoms with Gasteiger partial charge in [0, 0.05) is 11.1 Å². The van der Waals surface area contributed by atoms with Gasteiger partial charge < -0.3 is 0 Å². The Bertz CT molecular complexity index is 1360. The predicted octanol–water partition coefficient (Wildman–Crippen LogP) is 11.3. The molecule has 0 N–H and O–H groups in total. The van der Waals surface area contributed by atoms with E-state index in [0.29, 0.717) is 23.1 Å². The highest BCUT2D eigenvalue weighted by molar-refractivity contribution is 5.74. The summed E-state index contributed by atoms with van der Waals surface area (Å²) in [4.78, 5) is 0. The predicted molar refractivity (Wildman–Crippen MR) is 161 cm³/mol. The average molecular weight is 543 g/mol. The lowest BCUT2D eigenvalue weighted by Gasteiger charge is -2.35. The molecule has 1 fully saturated rings. The van der Waals surface area contributed by atoms with Gasteiger partial charge in [0.05, 0.1) is 0 Å². The third-order valence-corrected chi connectivity index (χ3v) is 9.38. The van der Waals surface area contributed by atoms with Crippen LogP contribution in [0.3, 0.4) is 0 Å². The fourth-order valence-corrected chi connectivity index (χ4v) is 6.86. The van der Waals surface area contributed by atoms with Gasteiger partial charge in [0.15, 0.2) is 11.6 Å². The zero-order valence-electron chi connectivity index (χ0n) is 23.9. The minimum atomic E-state index is -0.835. The molecule has 0 saturated heterocycles. The summed E-state index contributed by atoms with van der Waals surface area (Å²) in [5.74, 6) is 0.618. The molecule has 3 aromatic rings. The van der Waals surface area contributed by atoms with Gasteiger partial charge in [0.2, 0.25) is 0 Å². The Morgan fingerprint density at radius 3 is 2.05 bits per heavy atom. The van der Waals surface area contributed by atoms with E-state index in [-0.39, 0.29) is 11.4 Å². The van der Waals surface area contributed by atoms with E-state index in [4.69, 9.17) is 0 Å². The lowest BCUT2D eigenvalue weighted by molar-refractivity contribution is 0.190. The van der Waals surface area contributed by atoms with E-state index in [1.54, 1.807) is 49.4 Å². The summed E-state index contributed by atoms with van der Waals surface area (Å²) in [6.45, 7) is 3.90. The first-order valence-corrected chi connectivity index (χ1v) is 15.2. The van der Waals surface area contributed by atoms with E-state index in [0.717, 1.165) is 41.7 Å². The molecule has 0 nitrogen and oxygen atoms in total. The number of rotatable bonds is 8. The third-order valence-electron chi connectivity index (χ3n) is 9.38. The van der Waals surface area contributed by atoms with Crippen molar-refractivity contribution in [3.63, 3.8) is 0 Å². The first-order chi connectivity index (χ1) is 19.5. The van der Waals surface area contributed by atoms with Gasteiger partial charge in [0.25, 0.3) is 0 Å². The summed E-state index contributed by atoms with van der Waals surface area (Å²) in [5.41, 5.74) is 4.62. The number of hydrogen-bond donors (Lipinski definition) is 0. The lowest BCUT2D eigenvalue weighted by Crippen LogP contribution is -2.23. The van der Waals surface area contributed by atoms with Gasteiger partial charge in [-0.1, -0.05) is 86.5 Å². The highest BCUT2D eigenvalue weighted by Crippen LogP contribution is 2.42.